The molecule has 1 saturated heterocycles. The zero-order valence-corrected chi connectivity index (χ0v) is 16.1. The second-order valence-electron chi connectivity index (χ2n) is 6.80. The molecule has 1 atom stereocenters. The fourth-order valence-corrected chi connectivity index (χ4v) is 4.62. The molecule has 1 aliphatic heterocycles. The first-order valence-corrected chi connectivity index (χ1v) is 10.2. The van der Waals surface area contributed by atoms with Gasteiger partial charge in [0.05, 0.1) is 6.04 Å². The van der Waals surface area contributed by atoms with Gasteiger partial charge in [-0.25, -0.2) is 4.98 Å². The van der Waals surface area contributed by atoms with Crippen LogP contribution in [-0.4, -0.2) is 31.9 Å². The highest BCUT2D eigenvalue weighted by Crippen LogP contribution is 2.34. The van der Waals surface area contributed by atoms with Gasteiger partial charge in [-0.15, -0.1) is 0 Å². The number of hydrogen-bond donors (Lipinski definition) is 0. The zero-order chi connectivity index (χ0) is 18.8. The van der Waals surface area contributed by atoms with Crippen LogP contribution < -0.4 is 5.56 Å². The highest BCUT2D eigenvalue weighted by molar-refractivity contribution is 7.16. The molecule has 1 aromatic carbocycles. The largest absolute Gasteiger partial charge is 0.333 e. The van der Waals surface area contributed by atoms with E-state index in [-0.39, 0.29) is 17.5 Å². The standard InChI is InChI=1S/C20H22N4O2S/c1-2-15-13-18(26)24-20(21-15)27-19(22-24)16-9-6-12-23(16)17(25)11-10-14-7-4-3-5-8-14/h3-5,7-8,13,16H,2,6,9-12H2,1H3/t16-/m1/s1. The molecule has 3 aromatic rings. The van der Waals surface area contributed by atoms with Crippen LogP contribution in [0, 0.1) is 0 Å². The summed E-state index contributed by atoms with van der Waals surface area (Å²) in [5.41, 5.74) is 1.79. The maximum Gasteiger partial charge on any atom is 0.275 e. The highest BCUT2D eigenvalue weighted by atomic mass is 32.1. The van der Waals surface area contributed by atoms with Crippen LogP contribution in [0.4, 0.5) is 0 Å². The minimum absolute atomic E-state index is 0.0514. The molecule has 0 radical (unpaired) electrons. The number of carbonyl (C=O) groups excluding carboxylic acids is 1. The molecule has 6 nitrogen and oxygen atoms in total. The molecule has 1 aliphatic rings. The number of aromatic nitrogens is 3. The summed E-state index contributed by atoms with van der Waals surface area (Å²) in [6.07, 6.45) is 3.78. The Balaban J connectivity index is 1.54. The van der Waals surface area contributed by atoms with Gasteiger partial charge in [0.2, 0.25) is 10.9 Å². The molecule has 2 aromatic heterocycles. The Hall–Kier alpha value is -2.54. The number of carbonyl (C=O) groups is 1. The summed E-state index contributed by atoms with van der Waals surface area (Å²) in [6, 6.07) is 11.5. The molecule has 27 heavy (non-hydrogen) atoms. The molecule has 0 N–H and O–H groups in total. The van der Waals surface area contributed by atoms with Gasteiger partial charge in [-0.2, -0.15) is 9.61 Å². The van der Waals surface area contributed by atoms with Crippen LogP contribution in [0.25, 0.3) is 4.96 Å². The summed E-state index contributed by atoms with van der Waals surface area (Å²) in [5, 5.41) is 5.29. The van der Waals surface area contributed by atoms with E-state index < -0.39 is 0 Å². The molecule has 4 rings (SSSR count). The molecular weight excluding hydrogens is 360 g/mol. The lowest BCUT2D eigenvalue weighted by molar-refractivity contribution is -0.132. The molecule has 140 valence electrons. The van der Waals surface area contributed by atoms with Crippen molar-refractivity contribution in [3.8, 4) is 0 Å². The van der Waals surface area contributed by atoms with Crippen LogP contribution in [0.2, 0.25) is 0 Å². The van der Waals surface area contributed by atoms with Crippen molar-refractivity contribution in [2.75, 3.05) is 6.54 Å². The second-order valence-corrected chi connectivity index (χ2v) is 7.79. The second kappa shape index (κ2) is 7.60. The van der Waals surface area contributed by atoms with Crippen LogP contribution in [-0.2, 0) is 17.6 Å². The average molecular weight is 382 g/mol. The number of rotatable bonds is 5. The lowest BCUT2D eigenvalue weighted by Gasteiger charge is -2.22. The van der Waals surface area contributed by atoms with Crippen molar-refractivity contribution in [3.63, 3.8) is 0 Å². The molecule has 0 spiro atoms. The van der Waals surface area contributed by atoms with Gasteiger partial charge >= 0.3 is 0 Å². The average Bonchev–Trinajstić information content (AvgIpc) is 3.33. The van der Waals surface area contributed by atoms with Gasteiger partial charge in [-0.05, 0) is 31.2 Å². The molecule has 1 fully saturated rings. The third kappa shape index (κ3) is 3.64. The Bertz CT molecular complexity index is 1010. The van der Waals surface area contributed by atoms with Crippen LogP contribution >= 0.6 is 11.3 Å². The van der Waals surface area contributed by atoms with Crippen molar-refractivity contribution < 1.29 is 4.79 Å². The lowest BCUT2D eigenvalue weighted by Crippen LogP contribution is -2.30. The van der Waals surface area contributed by atoms with Gasteiger partial charge in [0, 0.05) is 24.7 Å². The van der Waals surface area contributed by atoms with Crippen molar-refractivity contribution >= 4 is 22.2 Å². The molecular formula is C20H22N4O2S. The summed E-state index contributed by atoms with van der Waals surface area (Å²) < 4.78 is 1.37. The number of amides is 1. The predicted molar refractivity (Wildman–Crippen MR) is 105 cm³/mol. The summed E-state index contributed by atoms with van der Waals surface area (Å²) in [4.78, 5) is 32.1. The first-order chi connectivity index (χ1) is 13.2. The van der Waals surface area contributed by atoms with Gasteiger partial charge in [0.15, 0.2) is 0 Å². The van der Waals surface area contributed by atoms with E-state index in [2.05, 4.69) is 10.1 Å². The van der Waals surface area contributed by atoms with E-state index in [9.17, 15) is 9.59 Å². The number of likely N-dealkylation sites (tertiary alicyclic amines) is 1. The summed E-state index contributed by atoms with van der Waals surface area (Å²) in [6.45, 7) is 2.72. The van der Waals surface area contributed by atoms with E-state index in [1.807, 2.05) is 42.2 Å². The first kappa shape index (κ1) is 17.9. The van der Waals surface area contributed by atoms with Gasteiger partial charge in [0.1, 0.15) is 5.01 Å². The Morgan fingerprint density at radius 2 is 2.11 bits per heavy atom. The minimum atomic E-state index is -0.153. The van der Waals surface area contributed by atoms with E-state index in [4.69, 9.17) is 0 Å². The SMILES string of the molecule is CCc1cc(=O)n2nc([C@H]3CCCN3C(=O)CCc3ccccc3)sc2n1. The number of fused-ring (bicyclic) bond motifs is 1. The normalized spacial score (nSPS) is 16.9. The summed E-state index contributed by atoms with van der Waals surface area (Å²) in [5.74, 6) is 0.148. The fourth-order valence-electron chi connectivity index (χ4n) is 3.55. The zero-order valence-electron chi connectivity index (χ0n) is 15.3. The third-order valence-electron chi connectivity index (χ3n) is 5.00. The number of benzene rings is 1. The number of nitrogens with zero attached hydrogens (tertiary/aromatic N) is 4. The fraction of sp³-hybridized carbons (Fsp3) is 0.400. The van der Waals surface area contributed by atoms with Crippen molar-refractivity contribution in [1.29, 1.82) is 0 Å². The topological polar surface area (TPSA) is 67.6 Å². The van der Waals surface area contributed by atoms with Crippen LogP contribution in [0.5, 0.6) is 0 Å². The van der Waals surface area contributed by atoms with Gasteiger partial charge in [-0.3, -0.25) is 9.59 Å². The molecule has 3 heterocycles. The van der Waals surface area contributed by atoms with E-state index >= 15 is 0 Å². The van der Waals surface area contributed by atoms with Crippen molar-refractivity contribution in [3.05, 3.63) is 63.0 Å². The number of aryl methyl sites for hydroxylation is 2. The van der Waals surface area contributed by atoms with Crippen molar-refractivity contribution in [1.82, 2.24) is 19.5 Å². The predicted octanol–water partition coefficient (Wildman–Crippen LogP) is 3.01. The molecule has 1 amide bonds. The Kier molecular flexibility index (Phi) is 5.03. The van der Waals surface area contributed by atoms with Gasteiger partial charge in [0.25, 0.3) is 5.56 Å². The monoisotopic (exact) mass is 382 g/mol. The smallest absolute Gasteiger partial charge is 0.275 e. The first-order valence-electron chi connectivity index (χ1n) is 9.39. The maximum absolute atomic E-state index is 12.8. The van der Waals surface area contributed by atoms with Crippen LogP contribution in [0.3, 0.4) is 0 Å². The maximum atomic E-state index is 12.8. The van der Waals surface area contributed by atoms with E-state index in [1.54, 1.807) is 0 Å². The molecule has 0 unspecified atom stereocenters. The molecule has 7 heteroatoms. The number of hydrogen-bond acceptors (Lipinski definition) is 5. The Morgan fingerprint density at radius 3 is 2.89 bits per heavy atom. The highest BCUT2D eigenvalue weighted by Gasteiger charge is 2.32. The molecule has 0 saturated carbocycles. The van der Waals surface area contributed by atoms with Crippen molar-refractivity contribution in [2.45, 2.75) is 45.1 Å². The molecule has 0 bridgehead atoms. The Labute approximate surface area is 161 Å². The quantitative estimate of drug-likeness (QED) is 0.680. The van der Waals surface area contributed by atoms with E-state index in [0.29, 0.717) is 17.8 Å². The van der Waals surface area contributed by atoms with Crippen LogP contribution in [0.15, 0.2) is 41.2 Å². The van der Waals surface area contributed by atoms with Gasteiger partial charge in [-0.1, -0.05) is 48.6 Å². The van der Waals surface area contributed by atoms with E-state index in [1.165, 1.54) is 27.5 Å². The molecule has 0 aliphatic carbocycles. The Morgan fingerprint density at radius 1 is 1.30 bits per heavy atom. The summed E-state index contributed by atoms with van der Waals surface area (Å²) >= 11 is 1.42. The van der Waals surface area contributed by atoms with E-state index in [0.717, 1.165) is 36.5 Å². The van der Waals surface area contributed by atoms with Gasteiger partial charge < -0.3 is 4.90 Å². The lowest BCUT2D eigenvalue weighted by atomic mass is 10.1. The minimum Gasteiger partial charge on any atom is -0.333 e. The third-order valence-corrected chi connectivity index (χ3v) is 6.01. The summed E-state index contributed by atoms with van der Waals surface area (Å²) in [7, 11) is 0. The van der Waals surface area contributed by atoms with Crippen molar-refractivity contribution in [2.24, 2.45) is 0 Å². The van der Waals surface area contributed by atoms with Crippen LogP contribution in [0.1, 0.15) is 48.5 Å².